The lowest BCUT2D eigenvalue weighted by molar-refractivity contribution is -0.145. The van der Waals surface area contributed by atoms with Crippen molar-refractivity contribution in [1.29, 1.82) is 0 Å². The third-order valence-electron chi connectivity index (χ3n) is 6.88. The van der Waals surface area contributed by atoms with Gasteiger partial charge < -0.3 is 9.80 Å². The summed E-state index contributed by atoms with van der Waals surface area (Å²) < 4.78 is 26.8. The number of aryl methyl sites for hydroxylation is 1. The van der Waals surface area contributed by atoms with Crippen molar-refractivity contribution in [3.8, 4) is 0 Å². The van der Waals surface area contributed by atoms with Gasteiger partial charge in [-0.25, -0.2) is 8.42 Å². The van der Waals surface area contributed by atoms with E-state index >= 15 is 0 Å². The zero-order valence-corrected chi connectivity index (χ0v) is 19.0. The largest absolute Gasteiger partial charge is 0.339 e. The van der Waals surface area contributed by atoms with Gasteiger partial charge in [0.05, 0.1) is 11.4 Å². The van der Waals surface area contributed by atoms with Crippen LogP contribution in [-0.4, -0.2) is 73.6 Å². The van der Waals surface area contributed by atoms with Gasteiger partial charge in [-0.15, -0.1) is 0 Å². The molecular weight excluding hydrogens is 414 g/mol. The van der Waals surface area contributed by atoms with Crippen molar-refractivity contribution in [2.75, 3.05) is 39.3 Å². The van der Waals surface area contributed by atoms with Gasteiger partial charge in [-0.2, -0.15) is 4.31 Å². The Labute approximate surface area is 185 Å². The van der Waals surface area contributed by atoms with E-state index in [-0.39, 0.29) is 18.4 Å². The lowest BCUT2D eigenvalue weighted by Crippen LogP contribution is -2.53. The second-order valence-corrected chi connectivity index (χ2v) is 11.0. The Hall–Kier alpha value is -1.93. The highest BCUT2D eigenvalue weighted by molar-refractivity contribution is 7.89. The first kappa shape index (κ1) is 22.3. The van der Waals surface area contributed by atoms with Crippen LogP contribution in [0.5, 0.6) is 0 Å². The van der Waals surface area contributed by atoms with Crippen LogP contribution in [0.15, 0.2) is 29.2 Å². The molecule has 0 atom stereocenters. The molecule has 2 amide bonds. The van der Waals surface area contributed by atoms with Crippen LogP contribution in [0.25, 0.3) is 0 Å². The summed E-state index contributed by atoms with van der Waals surface area (Å²) >= 11 is 0. The number of sulfonamides is 1. The molecule has 1 saturated carbocycles. The van der Waals surface area contributed by atoms with Crippen LogP contribution < -0.4 is 0 Å². The van der Waals surface area contributed by atoms with E-state index in [0.29, 0.717) is 49.8 Å². The lowest BCUT2D eigenvalue weighted by atomic mass is 10.1. The molecule has 2 saturated heterocycles. The van der Waals surface area contributed by atoms with Crippen LogP contribution in [0.4, 0.5) is 0 Å². The van der Waals surface area contributed by atoms with Crippen molar-refractivity contribution >= 4 is 21.8 Å². The maximum absolute atomic E-state index is 12.6. The van der Waals surface area contributed by atoms with Crippen LogP contribution in [-0.2, 0) is 26.0 Å². The summed E-state index contributed by atoms with van der Waals surface area (Å²) in [5, 5.41) is 0. The maximum atomic E-state index is 12.6. The van der Waals surface area contributed by atoms with Gasteiger partial charge in [-0.3, -0.25) is 9.59 Å². The van der Waals surface area contributed by atoms with Gasteiger partial charge in [0.25, 0.3) is 0 Å². The highest BCUT2D eigenvalue weighted by Crippen LogP contribution is 2.26. The van der Waals surface area contributed by atoms with E-state index in [1.165, 1.54) is 30.0 Å². The molecular formula is C23H33N3O4S. The fraction of sp³-hybridized carbons (Fsp3) is 0.652. The minimum Gasteiger partial charge on any atom is -0.339 e. The van der Waals surface area contributed by atoms with Crippen LogP contribution in [0.1, 0.15) is 50.5 Å². The molecule has 1 aromatic carbocycles. The first-order chi connectivity index (χ1) is 14.9. The van der Waals surface area contributed by atoms with Gasteiger partial charge in [0.1, 0.15) is 0 Å². The quantitative estimate of drug-likeness (QED) is 0.642. The number of benzene rings is 1. The average Bonchev–Trinajstić information content (AvgIpc) is 3.48. The molecule has 7 nitrogen and oxygen atoms in total. The molecule has 0 N–H and O–H groups in total. The summed E-state index contributed by atoms with van der Waals surface area (Å²) in [5.41, 5.74) is 0.930. The van der Waals surface area contributed by atoms with E-state index in [0.717, 1.165) is 24.9 Å². The Bertz CT molecular complexity index is 888. The van der Waals surface area contributed by atoms with E-state index in [4.69, 9.17) is 0 Å². The summed E-state index contributed by atoms with van der Waals surface area (Å²) in [6.45, 7) is 3.43. The standard InChI is InChI=1S/C23H33N3O4S/c27-22(25-16-15-24(23(28)18-25)17-20-5-1-2-6-20)12-9-19-7-10-21(11-8-19)31(29,30)26-13-3-4-14-26/h7-8,10-11,20H,1-6,9,12-18H2. The SMILES string of the molecule is O=C(CCc1ccc(S(=O)(=O)N2CCCC2)cc1)N1CCN(CC2CCCC2)C(=O)C1. The minimum atomic E-state index is -3.41. The minimum absolute atomic E-state index is 0.0115. The van der Waals surface area contributed by atoms with Crippen LogP contribution >= 0.6 is 0 Å². The van der Waals surface area contributed by atoms with Crippen LogP contribution in [0.3, 0.4) is 0 Å². The van der Waals surface area contributed by atoms with Gasteiger partial charge >= 0.3 is 0 Å². The number of hydrogen-bond acceptors (Lipinski definition) is 4. The molecule has 4 rings (SSSR count). The summed E-state index contributed by atoms with van der Waals surface area (Å²) in [6.07, 6.45) is 7.65. The second kappa shape index (κ2) is 9.69. The van der Waals surface area contributed by atoms with E-state index in [1.807, 2.05) is 4.90 Å². The topological polar surface area (TPSA) is 78.0 Å². The molecule has 8 heteroatoms. The smallest absolute Gasteiger partial charge is 0.243 e. The third-order valence-corrected chi connectivity index (χ3v) is 8.79. The lowest BCUT2D eigenvalue weighted by Gasteiger charge is -2.35. The molecule has 0 unspecified atom stereocenters. The molecule has 31 heavy (non-hydrogen) atoms. The summed E-state index contributed by atoms with van der Waals surface area (Å²) in [4.78, 5) is 29.0. The monoisotopic (exact) mass is 447 g/mol. The second-order valence-electron chi connectivity index (χ2n) is 9.06. The highest BCUT2D eigenvalue weighted by Gasteiger charge is 2.29. The Morgan fingerprint density at radius 2 is 1.61 bits per heavy atom. The van der Waals surface area contributed by atoms with Gasteiger partial charge in [-0.1, -0.05) is 25.0 Å². The number of nitrogens with zero attached hydrogens (tertiary/aromatic N) is 3. The zero-order chi connectivity index (χ0) is 21.8. The summed E-state index contributed by atoms with van der Waals surface area (Å²) in [6, 6.07) is 6.86. The predicted octanol–water partition coefficient (Wildman–Crippen LogP) is 2.26. The number of rotatable bonds is 7. The molecule has 1 aliphatic carbocycles. The first-order valence-electron chi connectivity index (χ1n) is 11.6. The van der Waals surface area contributed by atoms with Crippen molar-refractivity contribution < 1.29 is 18.0 Å². The van der Waals surface area contributed by atoms with Crippen molar-refractivity contribution in [2.45, 2.75) is 56.3 Å². The van der Waals surface area contributed by atoms with Crippen LogP contribution in [0, 0.1) is 5.92 Å². The molecule has 3 aliphatic rings. The van der Waals surface area contributed by atoms with Crippen molar-refractivity contribution in [3.63, 3.8) is 0 Å². The first-order valence-corrected chi connectivity index (χ1v) is 13.0. The predicted molar refractivity (Wildman–Crippen MR) is 118 cm³/mol. The van der Waals surface area contributed by atoms with Gasteiger partial charge in [0, 0.05) is 39.1 Å². The van der Waals surface area contributed by atoms with Crippen LogP contribution in [0.2, 0.25) is 0 Å². The van der Waals surface area contributed by atoms with Crippen molar-refractivity contribution in [3.05, 3.63) is 29.8 Å². The zero-order valence-electron chi connectivity index (χ0n) is 18.2. The molecule has 0 radical (unpaired) electrons. The molecule has 0 aromatic heterocycles. The molecule has 1 aromatic rings. The summed E-state index contributed by atoms with van der Waals surface area (Å²) in [5.74, 6) is 0.675. The molecule has 0 bridgehead atoms. The fourth-order valence-electron chi connectivity index (χ4n) is 4.93. The normalized spacial score (nSPS) is 21.2. The third kappa shape index (κ3) is 5.29. The molecule has 2 heterocycles. The van der Waals surface area contributed by atoms with Gasteiger partial charge in [-0.05, 0) is 55.7 Å². The Morgan fingerprint density at radius 1 is 0.935 bits per heavy atom. The highest BCUT2D eigenvalue weighted by atomic mass is 32.2. The Balaban J connectivity index is 1.25. The van der Waals surface area contributed by atoms with Crippen molar-refractivity contribution in [2.24, 2.45) is 5.92 Å². The van der Waals surface area contributed by atoms with E-state index in [1.54, 1.807) is 29.2 Å². The summed E-state index contributed by atoms with van der Waals surface area (Å²) in [7, 11) is -3.41. The number of carbonyl (C=O) groups excluding carboxylic acids is 2. The van der Waals surface area contributed by atoms with Gasteiger partial charge in [0.15, 0.2) is 0 Å². The molecule has 0 spiro atoms. The average molecular weight is 448 g/mol. The number of carbonyl (C=O) groups is 2. The van der Waals surface area contributed by atoms with Gasteiger partial charge in [0.2, 0.25) is 21.8 Å². The molecule has 170 valence electrons. The van der Waals surface area contributed by atoms with Crippen molar-refractivity contribution in [1.82, 2.24) is 14.1 Å². The molecule has 3 fully saturated rings. The fourth-order valence-corrected chi connectivity index (χ4v) is 6.45. The van der Waals surface area contributed by atoms with E-state index in [9.17, 15) is 18.0 Å². The number of hydrogen-bond donors (Lipinski definition) is 0. The molecule has 2 aliphatic heterocycles. The number of piperazine rings is 1. The maximum Gasteiger partial charge on any atom is 0.243 e. The van der Waals surface area contributed by atoms with E-state index in [2.05, 4.69) is 0 Å². The van der Waals surface area contributed by atoms with E-state index < -0.39 is 10.0 Å². The Kier molecular flexibility index (Phi) is 6.96. The Morgan fingerprint density at radius 3 is 2.26 bits per heavy atom. The number of amides is 2.